The maximum Gasteiger partial charge on any atom is 0.145 e. The van der Waals surface area contributed by atoms with Crippen molar-refractivity contribution in [2.75, 3.05) is 4.90 Å². The van der Waals surface area contributed by atoms with Gasteiger partial charge < -0.3 is 9.32 Å². The van der Waals surface area contributed by atoms with Crippen LogP contribution in [0.15, 0.2) is 217 Å². The topological polar surface area (TPSA) is 16.4 Å². The molecule has 0 saturated carbocycles. The van der Waals surface area contributed by atoms with Crippen LogP contribution in [0.5, 0.6) is 0 Å². The molecule has 276 valence electrons. The largest absolute Gasteiger partial charge is 0.455 e. The molecule has 0 unspecified atom stereocenters. The van der Waals surface area contributed by atoms with Gasteiger partial charge in [0.05, 0.1) is 21.5 Å². The Morgan fingerprint density at radius 2 is 0.966 bits per heavy atom. The zero-order valence-electron chi connectivity index (χ0n) is 32.0. The number of furan rings is 1. The number of rotatable bonds is 6. The van der Waals surface area contributed by atoms with E-state index in [0.29, 0.717) is 0 Å². The summed E-state index contributed by atoms with van der Waals surface area (Å²) in [4.78, 5) is 2.47. The molecule has 0 aliphatic carbocycles. The van der Waals surface area contributed by atoms with E-state index in [1.54, 1.807) is 0 Å². The highest BCUT2D eigenvalue weighted by Gasteiger charge is 2.25. The Balaban J connectivity index is 1.13. The third kappa shape index (κ3) is 5.47. The Hall–Kier alpha value is -7.46. The van der Waals surface area contributed by atoms with Crippen molar-refractivity contribution >= 4 is 92.1 Å². The van der Waals surface area contributed by atoms with Crippen molar-refractivity contribution in [3.05, 3.63) is 212 Å². The highest BCUT2D eigenvalue weighted by molar-refractivity contribution is 7.27. The summed E-state index contributed by atoms with van der Waals surface area (Å²) in [6.45, 7) is 0. The fourth-order valence-corrected chi connectivity index (χ4v) is 10.4. The lowest BCUT2D eigenvalue weighted by Gasteiger charge is -2.27. The molecule has 0 aliphatic rings. The van der Waals surface area contributed by atoms with Gasteiger partial charge in [0.25, 0.3) is 0 Å². The molecule has 0 bridgehead atoms. The maximum absolute atomic E-state index is 6.91. The first-order chi connectivity index (χ1) is 29.3. The van der Waals surface area contributed by atoms with E-state index in [-0.39, 0.29) is 0 Å². The second-order valence-electron chi connectivity index (χ2n) is 15.2. The molecule has 0 fully saturated rings. The van der Waals surface area contributed by atoms with Gasteiger partial charge in [-0.2, -0.15) is 0 Å². The van der Waals surface area contributed by atoms with Gasteiger partial charge in [0.2, 0.25) is 0 Å². The zero-order valence-corrected chi connectivity index (χ0v) is 32.8. The van der Waals surface area contributed by atoms with Crippen molar-refractivity contribution in [3.8, 4) is 33.4 Å². The second-order valence-corrected chi connectivity index (χ2v) is 16.2. The van der Waals surface area contributed by atoms with Gasteiger partial charge in [-0.25, -0.2) is 0 Å². The summed E-state index contributed by atoms with van der Waals surface area (Å²) in [5, 5.41) is 9.64. The van der Waals surface area contributed by atoms with Crippen LogP contribution in [-0.2, 0) is 0 Å². The average Bonchev–Trinajstić information content (AvgIpc) is 3.90. The Morgan fingerprint density at radius 3 is 1.80 bits per heavy atom. The van der Waals surface area contributed by atoms with E-state index in [4.69, 9.17) is 4.42 Å². The third-order valence-corrected chi connectivity index (χ3v) is 13.1. The number of nitrogens with zero attached hydrogens (tertiary/aromatic N) is 1. The minimum absolute atomic E-state index is 0.870. The van der Waals surface area contributed by atoms with E-state index in [1.807, 2.05) is 11.3 Å². The molecule has 2 heterocycles. The molecule has 0 amide bonds. The second kappa shape index (κ2) is 13.6. The number of benzene rings is 10. The standard InChI is InChI=1S/C56H35NOS/c1-3-13-36(14-4-1)37-25-27-40(28-26-37)45-33-34-50(53-49-19-9-10-24-52(49)58-54(45)53)57(42-31-32-44-41(35-42)30-29-39-17-7-8-18-43(39)44)51-23-12-22-48-47-21-11-20-46(55(47)59-56(48)51)38-15-5-2-6-16-38/h1-35H. The van der Waals surface area contributed by atoms with Gasteiger partial charge in [0.1, 0.15) is 11.2 Å². The summed E-state index contributed by atoms with van der Waals surface area (Å²) in [6.07, 6.45) is 0. The summed E-state index contributed by atoms with van der Waals surface area (Å²) in [5.74, 6) is 0. The van der Waals surface area contributed by atoms with E-state index in [2.05, 4.69) is 217 Å². The van der Waals surface area contributed by atoms with E-state index in [9.17, 15) is 0 Å². The lowest BCUT2D eigenvalue weighted by molar-refractivity contribution is 0.670. The number of fused-ring (bicyclic) bond motifs is 9. The van der Waals surface area contributed by atoms with Crippen LogP contribution in [0.25, 0.3) is 97.0 Å². The quantitative estimate of drug-likeness (QED) is 0.157. The number of thiophene rings is 1. The van der Waals surface area contributed by atoms with E-state index in [0.717, 1.165) is 50.1 Å². The maximum atomic E-state index is 6.91. The zero-order chi connectivity index (χ0) is 38.9. The molecule has 2 nitrogen and oxygen atoms in total. The van der Waals surface area contributed by atoms with Gasteiger partial charge in [0.15, 0.2) is 0 Å². The fourth-order valence-electron chi connectivity index (χ4n) is 9.07. The Bertz CT molecular complexity index is 3550. The molecule has 2 aromatic heterocycles. The predicted octanol–water partition coefficient (Wildman–Crippen LogP) is 16.7. The molecule has 0 aliphatic heterocycles. The molecule has 10 aromatic carbocycles. The normalized spacial score (nSPS) is 11.7. The van der Waals surface area contributed by atoms with E-state index >= 15 is 0 Å². The van der Waals surface area contributed by atoms with Crippen LogP contribution in [-0.4, -0.2) is 0 Å². The third-order valence-electron chi connectivity index (χ3n) is 11.9. The minimum atomic E-state index is 0.870. The lowest BCUT2D eigenvalue weighted by Crippen LogP contribution is -2.10. The molecule has 0 N–H and O–H groups in total. The van der Waals surface area contributed by atoms with E-state index in [1.165, 1.54) is 64.0 Å². The molecular formula is C56H35NOS. The van der Waals surface area contributed by atoms with Gasteiger partial charge >= 0.3 is 0 Å². The SMILES string of the molecule is c1ccc(-c2ccc(-c3ccc(N(c4ccc5c(ccc6ccccc65)c4)c4cccc5c4sc4c(-c6ccccc6)cccc45)c4c3oc3ccccc34)cc2)cc1. The Morgan fingerprint density at radius 1 is 0.356 bits per heavy atom. The van der Waals surface area contributed by atoms with Crippen molar-refractivity contribution < 1.29 is 4.42 Å². The highest BCUT2D eigenvalue weighted by atomic mass is 32.1. The van der Waals surface area contributed by atoms with Gasteiger partial charge in [-0.3, -0.25) is 0 Å². The first kappa shape index (κ1) is 33.7. The number of hydrogen-bond acceptors (Lipinski definition) is 3. The molecule has 0 spiro atoms. The summed E-state index contributed by atoms with van der Waals surface area (Å²) in [5.41, 5.74) is 12.1. The molecule has 0 atom stereocenters. The lowest BCUT2D eigenvalue weighted by atomic mass is 9.97. The van der Waals surface area contributed by atoms with Crippen molar-refractivity contribution in [2.45, 2.75) is 0 Å². The van der Waals surface area contributed by atoms with Crippen molar-refractivity contribution in [2.24, 2.45) is 0 Å². The summed E-state index contributed by atoms with van der Waals surface area (Å²) in [6, 6.07) is 76.8. The van der Waals surface area contributed by atoms with Crippen molar-refractivity contribution in [1.29, 1.82) is 0 Å². The molecule has 0 radical (unpaired) electrons. The Kier molecular flexibility index (Phi) is 7.75. The van der Waals surface area contributed by atoms with Gasteiger partial charge in [0, 0.05) is 32.1 Å². The van der Waals surface area contributed by atoms with Crippen LogP contribution >= 0.6 is 11.3 Å². The number of anilines is 3. The van der Waals surface area contributed by atoms with Crippen molar-refractivity contribution in [3.63, 3.8) is 0 Å². The van der Waals surface area contributed by atoms with Crippen LogP contribution in [0.2, 0.25) is 0 Å². The summed E-state index contributed by atoms with van der Waals surface area (Å²) < 4.78 is 9.44. The summed E-state index contributed by atoms with van der Waals surface area (Å²) >= 11 is 1.88. The molecule has 12 aromatic rings. The Labute approximate surface area is 345 Å². The summed E-state index contributed by atoms with van der Waals surface area (Å²) in [7, 11) is 0. The molecule has 12 rings (SSSR count). The van der Waals surface area contributed by atoms with Gasteiger partial charge in [-0.1, -0.05) is 176 Å². The molecule has 0 saturated heterocycles. The number of para-hydroxylation sites is 1. The van der Waals surface area contributed by atoms with Crippen LogP contribution < -0.4 is 4.90 Å². The van der Waals surface area contributed by atoms with Crippen LogP contribution in [0.1, 0.15) is 0 Å². The predicted molar refractivity (Wildman–Crippen MR) is 253 cm³/mol. The number of hydrogen-bond donors (Lipinski definition) is 0. The average molecular weight is 770 g/mol. The van der Waals surface area contributed by atoms with Crippen LogP contribution in [0, 0.1) is 0 Å². The van der Waals surface area contributed by atoms with Gasteiger partial charge in [-0.15, -0.1) is 11.3 Å². The smallest absolute Gasteiger partial charge is 0.145 e. The molecule has 3 heteroatoms. The molecular weight excluding hydrogens is 735 g/mol. The monoisotopic (exact) mass is 769 g/mol. The van der Waals surface area contributed by atoms with Crippen LogP contribution in [0.3, 0.4) is 0 Å². The van der Waals surface area contributed by atoms with E-state index < -0.39 is 0 Å². The van der Waals surface area contributed by atoms with Gasteiger partial charge in [-0.05, 0) is 85.8 Å². The fraction of sp³-hybridized carbons (Fsp3) is 0. The first-order valence-electron chi connectivity index (χ1n) is 20.1. The highest BCUT2D eigenvalue weighted by Crippen LogP contribution is 2.51. The van der Waals surface area contributed by atoms with Crippen molar-refractivity contribution in [1.82, 2.24) is 0 Å². The first-order valence-corrected chi connectivity index (χ1v) is 20.9. The molecule has 59 heavy (non-hydrogen) atoms. The minimum Gasteiger partial charge on any atom is -0.455 e. The van der Waals surface area contributed by atoms with Crippen LogP contribution in [0.4, 0.5) is 17.1 Å².